The van der Waals surface area contributed by atoms with Crippen LogP contribution < -0.4 is 5.32 Å². The number of amides is 1. The summed E-state index contributed by atoms with van der Waals surface area (Å²) in [5.41, 5.74) is 3.67. The molecule has 0 aliphatic rings. The molecule has 0 spiro atoms. The van der Waals surface area contributed by atoms with Gasteiger partial charge >= 0.3 is 0 Å². The zero-order valence-corrected chi connectivity index (χ0v) is 17.0. The highest BCUT2D eigenvalue weighted by Gasteiger charge is 2.18. The number of aromatic nitrogens is 4. The number of aliphatic hydroxyl groups excluding tert-OH is 1. The second-order valence-corrected chi connectivity index (χ2v) is 6.95. The van der Waals surface area contributed by atoms with E-state index in [-0.39, 0.29) is 24.7 Å². The van der Waals surface area contributed by atoms with Crippen molar-refractivity contribution in [2.45, 2.75) is 32.9 Å². The molecule has 0 bridgehead atoms. The van der Waals surface area contributed by atoms with Crippen molar-refractivity contribution in [3.63, 3.8) is 0 Å². The van der Waals surface area contributed by atoms with Gasteiger partial charge in [-0.05, 0) is 50.6 Å². The van der Waals surface area contributed by atoms with E-state index in [0.717, 1.165) is 16.8 Å². The highest BCUT2D eigenvalue weighted by Crippen LogP contribution is 2.25. The van der Waals surface area contributed by atoms with Crippen LogP contribution in [0.2, 0.25) is 0 Å². The van der Waals surface area contributed by atoms with Crippen LogP contribution in [0.5, 0.6) is 0 Å². The Labute approximate surface area is 169 Å². The fourth-order valence-electron chi connectivity index (χ4n) is 2.84. The van der Waals surface area contributed by atoms with Crippen LogP contribution in [0.1, 0.15) is 41.7 Å². The molecule has 8 nitrogen and oxygen atoms in total. The van der Waals surface area contributed by atoms with E-state index >= 15 is 0 Å². The van der Waals surface area contributed by atoms with Crippen LogP contribution >= 0.6 is 0 Å². The molecule has 2 aromatic heterocycles. The molecule has 0 fully saturated rings. The van der Waals surface area contributed by atoms with Crippen LogP contribution in [0.25, 0.3) is 16.9 Å². The molecule has 29 heavy (non-hydrogen) atoms. The third-order valence-electron chi connectivity index (χ3n) is 4.57. The van der Waals surface area contributed by atoms with E-state index in [0.29, 0.717) is 17.1 Å². The van der Waals surface area contributed by atoms with Crippen molar-refractivity contribution < 1.29 is 14.6 Å². The number of carbonyl (C=O) groups excluding carboxylic acids is 1. The number of nitrogens with zero attached hydrogens (tertiary/aromatic N) is 4. The summed E-state index contributed by atoms with van der Waals surface area (Å²) in [5, 5.41) is 16.3. The number of aliphatic hydroxyl groups is 1. The van der Waals surface area contributed by atoms with Gasteiger partial charge in [0, 0.05) is 30.5 Å². The van der Waals surface area contributed by atoms with Gasteiger partial charge in [-0.3, -0.25) is 9.78 Å². The average Bonchev–Trinajstić information content (AvgIpc) is 3.23. The van der Waals surface area contributed by atoms with E-state index < -0.39 is 0 Å². The van der Waals surface area contributed by atoms with Crippen LogP contribution in [0, 0.1) is 6.92 Å². The lowest BCUT2D eigenvalue weighted by atomic mass is 10.0. The maximum Gasteiger partial charge on any atom is 0.251 e. The van der Waals surface area contributed by atoms with Gasteiger partial charge < -0.3 is 15.2 Å². The zero-order valence-electron chi connectivity index (χ0n) is 17.0. The number of ether oxygens (including phenoxy) is 1. The topological polar surface area (TPSA) is 102 Å². The largest absolute Gasteiger partial charge is 0.394 e. The molecule has 3 rings (SSSR count). The van der Waals surface area contributed by atoms with Crippen LogP contribution in [0.15, 0.2) is 42.9 Å². The Bertz CT molecular complexity index is 984. The maximum absolute atomic E-state index is 12.7. The van der Waals surface area contributed by atoms with Crippen molar-refractivity contribution in [3.05, 3.63) is 59.8 Å². The second kappa shape index (κ2) is 8.93. The number of aryl methyl sites for hydroxylation is 1. The predicted molar refractivity (Wildman–Crippen MR) is 109 cm³/mol. The fraction of sp³-hybridized carbons (Fsp3) is 0.333. The average molecular weight is 395 g/mol. The second-order valence-electron chi connectivity index (χ2n) is 6.95. The van der Waals surface area contributed by atoms with Crippen molar-refractivity contribution >= 4 is 5.91 Å². The Morgan fingerprint density at radius 1 is 1.24 bits per heavy atom. The fourth-order valence-corrected chi connectivity index (χ4v) is 2.84. The molecule has 0 aliphatic carbocycles. The molecule has 2 N–H and O–H groups in total. The molecule has 2 atom stereocenters. The number of hydrogen-bond donors (Lipinski definition) is 2. The lowest BCUT2D eigenvalue weighted by Gasteiger charge is -2.15. The summed E-state index contributed by atoms with van der Waals surface area (Å²) in [6.07, 6.45) is 2.96. The van der Waals surface area contributed by atoms with E-state index in [1.54, 1.807) is 37.0 Å². The number of rotatable bonds is 7. The summed E-state index contributed by atoms with van der Waals surface area (Å²) in [6, 6.07) is 8.93. The summed E-state index contributed by atoms with van der Waals surface area (Å²) >= 11 is 0. The van der Waals surface area contributed by atoms with Crippen LogP contribution in [-0.2, 0) is 4.74 Å². The van der Waals surface area contributed by atoms with Gasteiger partial charge in [0.05, 0.1) is 18.0 Å². The summed E-state index contributed by atoms with van der Waals surface area (Å²) in [6.45, 7) is 5.44. The summed E-state index contributed by atoms with van der Waals surface area (Å²) < 4.78 is 7.04. The van der Waals surface area contributed by atoms with E-state index in [1.807, 2.05) is 32.0 Å². The van der Waals surface area contributed by atoms with Crippen molar-refractivity contribution in [3.8, 4) is 16.9 Å². The van der Waals surface area contributed by atoms with Crippen molar-refractivity contribution in [1.29, 1.82) is 0 Å². The Morgan fingerprint density at radius 3 is 2.69 bits per heavy atom. The molecule has 2 heterocycles. The number of benzene rings is 1. The third-order valence-corrected chi connectivity index (χ3v) is 4.57. The van der Waals surface area contributed by atoms with Crippen molar-refractivity contribution in [1.82, 2.24) is 25.1 Å². The van der Waals surface area contributed by atoms with Gasteiger partial charge in [0.15, 0.2) is 5.82 Å². The predicted octanol–water partition coefficient (Wildman–Crippen LogP) is 2.46. The first-order valence-electron chi connectivity index (χ1n) is 9.36. The number of nitrogens with one attached hydrogen (secondary N) is 1. The molecule has 0 saturated heterocycles. The minimum absolute atomic E-state index is 0.142. The Kier molecular flexibility index (Phi) is 6.36. The maximum atomic E-state index is 12.7. The van der Waals surface area contributed by atoms with Gasteiger partial charge in [-0.15, -0.1) is 0 Å². The summed E-state index contributed by atoms with van der Waals surface area (Å²) in [7, 11) is 1.60. The molecule has 0 aliphatic heterocycles. The SMILES string of the molecule is COC(C)c1ncnn1-c1cc(C(=O)NC(C)CO)cc(-c2ccc(C)cn2)c1. The van der Waals surface area contributed by atoms with Crippen LogP contribution in [0.3, 0.4) is 0 Å². The zero-order chi connectivity index (χ0) is 21.0. The van der Waals surface area contributed by atoms with Gasteiger partial charge in [0.25, 0.3) is 5.91 Å². The molecule has 152 valence electrons. The first-order chi connectivity index (χ1) is 13.9. The molecule has 0 saturated carbocycles. The number of methoxy groups -OCH3 is 1. The lowest BCUT2D eigenvalue weighted by Crippen LogP contribution is -2.35. The Morgan fingerprint density at radius 2 is 2.03 bits per heavy atom. The molecule has 2 unspecified atom stereocenters. The van der Waals surface area contributed by atoms with Gasteiger partial charge in [0.1, 0.15) is 12.4 Å². The minimum atomic E-state index is -0.359. The molecule has 1 aromatic carbocycles. The normalized spacial score (nSPS) is 13.1. The smallest absolute Gasteiger partial charge is 0.251 e. The highest BCUT2D eigenvalue weighted by atomic mass is 16.5. The molecule has 3 aromatic rings. The minimum Gasteiger partial charge on any atom is -0.394 e. The van der Waals surface area contributed by atoms with Crippen molar-refractivity contribution in [2.75, 3.05) is 13.7 Å². The third kappa shape index (κ3) is 4.67. The highest BCUT2D eigenvalue weighted by molar-refractivity contribution is 5.96. The first kappa shape index (κ1) is 20.6. The molecule has 0 radical (unpaired) electrons. The van der Waals surface area contributed by atoms with Crippen LogP contribution in [0.4, 0.5) is 0 Å². The van der Waals surface area contributed by atoms with Gasteiger partial charge in [-0.2, -0.15) is 5.10 Å². The van der Waals surface area contributed by atoms with E-state index in [2.05, 4.69) is 20.4 Å². The van der Waals surface area contributed by atoms with E-state index in [1.165, 1.54) is 6.33 Å². The summed E-state index contributed by atoms with van der Waals surface area (Å²) in [4.78, 5) is 21.5. The standard InChI is InChI=1S/C21H25N5O3/c1-13-5-6-19(22-10-13)16-7-17(21(28)25-14(2)11-27)9-18(8-16)26-20(15(3)29-4)23-12-24-26/h5-10,12,14-15,27H,11H2,1-4H3,(H,25,28). The van der Waals surface area contributed by atoms with Gasteiger partial charge in [-0.25, -0.2) is 9.67 Å². The van der Waals surface area contributed by atoms with E-state index in [4.69, 9.17) is 4.74 Å². The number of pyridine rings is 1. The van der Waals surface area contributed by atoms with Crippen LogP contribution in [-0.4, -0.2) is 50.5 Å². The summed E-state index contributed by atoms with van der Waals surface area (Å²) in [5.74, 6) is 0.333. The monoisotopic (exact) mass is 395 g/mol. The van der Waals surface area contributed by atoms with Crippen molar-refractivity contribution in [2.24, 2.45) is 0 Å². The quantitative estimate of drug-likeness (QED) is 0.637. The van der Waals surface area contributed by atoms with E-state index in [9.17, 15) is 9.90 Å². The van der Waals surface area contributed by atoms with Gasteiger partial charge in [-0.1, -0.05) is 6.07 Å². The van der Waals surface area contributed by atoms with Gasteiger partial charge in [0.2, 0.25) is 0 Å². The Balaban J connectivity index is 2.12. The number of hydrogen-bond acceptors (Lipinski definition) is 6. The number of carbonyl (C=O) groups is 1. The lowest BCUT2D eigenvalue weighted by molar-refractivity contribution is 0.0922. The Hall–Kier alpha value is -3.10. The molecular weight excluding hydrogens is 370 g/mol. The molecular formula is C21H25N5O3. The molecule has 8 heteroatoms. The molecule has 1 amide bonds. The first-order valence-corrected chi connectivity index (χ1v) is 9.36.